The van der Waals surface area contributed by atoms with E-state index in [0.29, 0.717) is 22.9 Å². The largest absolute Gasteiger partial charge is 0.508 e. The summed E-state index contributed by atoms with van der Waals surface area (Å²) >= 11 is 0. The molecule has 6 N–H and O–H groups in total. The van der Waals surface area contributed by atoms with Gasteiger partial charge in [0, 0.05) is 11.4 Å². The zero-order valence-electron chi connectivity index (χ0n) is 19.9. The van der Waals surface area contributed by atoms with E-state index in [1.54, 1.807) is 48.5 Å². The van der Waals surface area contributed by atoms with E-state index in [-0.39, 0.29) is 33.8 Å². The van der Waals surface area contributed by atoms with Gasteiger partial charge in [-0.1, -0.05) is 0 Å². The molecule has 196 valence electrons. The summed E-state index contributed by atoms with van der Waals surface area (Å²) in [5.41, 5.74) is -0.140. The van der Waals surface area contributed by atoms with E-state index in [1.165, 1.54) is 24.3 Å². The monoisotopic (exact) mass is 528 g/mol. The van der Waals surface area contributed by atoms with E-state index in [4.69, 9.17) is 4.74 Å². The van der Waals surface area contributed by atoms with Crippen LogP contribution in [-0.4, -0.2) is 44.2 Å². The van der Waals surface area contributed by atoms with Gasteiger partial charge in [-0.3, -0.25) is 9.59 Å². The highest BCUT2D eigenvalue weighted by Crippen LogP contribution is 2.26. The van der Waals surface area contributed by atoms with Gasteiger partial charge in [0.2, 0.25) is 0 Å². The molecule has 0 saturated carbocycles. The Labute approximate surface area is 220 Å². The van der Waals surface area contributed by atoms with Gasteiger partial charge in [0.25, 0.3) is 11.8 Å². The maximum atomic E-state index is 12.5. The van der Waals surface area contributed by atoms with Gasteiger partial charge >= 0.3 is 11.9 Å². The van der Waals surface area contributed by atoms with E-state index in [2.05, 4.69) is 10.6 Å². The molecule has 0 unspecified atom stereocenters. The number of aromatic hydroxyl groups is 2. The fraction of sp³-hybridized carbons (Fsp3) is 0. The summed E-state index contributed by atoms with van der Waals surface area (Å²) in [4.78, 5) is 47.8. The predicted octanol–water partition coefficient (Wildman–Crippen LogP) is 4.79. The van der Waals surface area contributed by atoms with Gasteiger partial charge in [0.15, 0.2) is 0 Å². The Morgan fingerprint density at radius 2 is 0.872 bits per heavy atom. The number of carbonyl (C=O) groups excluding carboxylic acids is 2. The molecule has 0 fully saturated rings. The number of carboxylic acid groups (broad SMARTS) is 2. The van der Waals surface area contributed by atoms with Crippen molar-refractivity contribution in [3.63, 3.8) is 0 Å². The van der Waals surface area contributed by atoms with Crippen LogP contribution in [0.15, 0.2) is 84.9 Å². The number of amides is 2. The van der Waals surface area contributed by atoms with Crippen LogP contribution < -0.4 is 15.4 Å². The molecule has 39 heavy (non-hydrogen) atoms. The van der Waals surface area contributed by atoms with Gasteiger partial charge in [0.05, 0.1) is 22.3 Å². The second kappa shape index (κ2) is 11.0. The predicted molar refractivity (Wildman–Crippen MR) is 139 cm³/mol. The molecule has 4 aromatic carbocycles. The maximum absolute atomic E-state index is 12.5. The molecule has 0 aliphatic heterocycles. The number of ether oxygens (including phenoxy) is 1. The molecule has 0 aliphatic carbocycles. The van der Waals surface area contributed by atoms with Crippen molar-refractivity contribution in [2.45, 2.75) is 0 Å². The van der Waals surface area contributed by atoms with Crippen molar-refractivity contribution >= 4 is 35.1 Å². The van der Waals surface area contributed by atoms with Crippen molar-refractivity contribution in [3.05, 3.63) is 107 Å². The first-order valence-electron chi connectivity index (χ1n) is 11.2. The number of carboxylic acids is 2. The smallest absolute Gasteiger partial charge is 0.336 e. The number of carbonyl (C=O) groups is 4. The molecule has 0 heterocycles. The first-order valence-corrected chi connectivity index (χ1v) is 11.2. The van der Waals surface area contributed by atoms with Gasteiger partial charge in [-0.05, 0) is 84.9 Å². The van der Waals surface area contributed by atoms with Crippen molar-refractivity contribution in [3.8, 4) is 23.0 Å². The Bertz CT molecular complexity index is 1460. The number of rotatable bonds is 8. The van der Waals surface area contributed by atoms with E-state index in [1.807, 2.05) is 0 Å². The van der Waals surface area contributed by atoms with E-state index in [9.17, 15) is 39.6 Å². The second-order valence-corrected chi connectivity index (χ2v) is 8.13. The normalized spacial score (nSPS) is 10.4. The minimum Gasteiger partial charge on any atom is -0.508 e. The lowest BCUT2D eigenvalue weighted by molar-refractivity contribution is 0.0683. The number of hydrogen-bond donors (Lipinski definition) is 6. The fourth-order valence-electron chi connectivity index (χ4n) is 3.56. The van der Waals surface area contributed by atoms with Gasteiger partial charge in [0.1, 0.15) is 23.0 Å². The van der Waals surface area contributed by atoms with Gasteiger partial charge < -0.3 is 35.8 Å². The standard InChI is InChI=1S/C28H20N2O9/c31-17-5-11-21(23(13-17)27(35)36)25(33)29-15-1-7-19(8-2-15)39-20-9-3-16(4-10-20)30-26(34)22-12-6-18(32)14-24(22)28(37)38/h1-14,31-32H,(H,29,33)(H,30,34)(H,35,36)(H,37,38). The van der Waals surface area contributed by atoms with Gasteiger partial charge in [-0.2, -0.15) is 0 Å². The molecule has 11 nitrogen and oxygen atoms in total. The molecule has 0 spiro atoms. The van der Waals surface area contributed by atoms with E-state index in [0.717, 1.165) is 12.1 Å². The highest BCUT2D eigenvalue weighted by atomic mass is 16.5. The average Bonchev–Trinajstić information content (AvgIpc) is 2.90. The average molecular weight is 528 g/mol. The fourth-order valence-corrected chi connectivity index (χ4v) is 3.56. The van der Waals surface area contributed by atoms with E-state index >= 15 is 0 Å². The van der Waals surface area contributed by atoms with Crippen LogP contribution in [0.25, 0.3) is 0 Å². The van der Waals surface area contributed by atoms with Crippen LogP contribution >= 0.6 is 0 Å². The highest BCUT2D eigenvalue weighted by molar-refractivity contribution is 6.11. The van der Waals surface area contributed by atoms with Crippen LogP contribution in [0.5, 0.6) is 23.0 Å². The molecular weight excluding hydrogens is 508 g/mol. The summed E-state index contributed by atoms with van der Waals surface area (Å²) < 4.78 is 5.76. The zero-order valence-corrected chi connectivity index (χ0v) is 19.9. The third-order valence-electron chi connectivity index (χ3n) is 5.42. The summed E-state index contributed by atoms with van der Waals surface area (Å²) in [6.07, 6.45) is 0. The number of phenolic OH excluding ortho intramolecular Hbond substituents is 2. The van der Waals surface area contributed by atoms with Gasteiger partial charge in [-0.15, -0.1) is 0 Å². The summed E-state index contributed by atoms with van der Waals surface area (Å²) in [5.74, 6) is -3.72. The molecular formula is C28H20N2O9. The van der Waals surface area contributed by atoms with Crippen molar-refractivity contribution in [2.24, 2.45) is 0 Å². The highest BCUT2D eigenvalue weighted by Gasteiger charge is 2.19. The molecule has 0 radical (unpaired) electrons. The molecule has 0 aromatic heterocycles. The first-order chi connectivity index (χ1) is 18.6. The third kappa shape index (κ3) is 6.30. The Hall–Kier alpha value is -5.84. The number of anilines is 2. The van der Waals surface area contributed by atoms with E-state index < -0.39 is 23.8 Å². The quantitative estimate of drug-likeness (QED) is 0.187. The van der Waals surface area contributed by atoms with Crippen LogP contribution in [0.3, 0.4) is 0 Å². The second-order valence-electron chi connectivity index (χ2n) is 8.13. The Balaban J connectivity index is 1.38. The van der Waals surface area contributed by atoms with Crippen LogP contribution in [0.2, 0.25) is 0 Å². The third-order valence-corrected chi connectivity index (χ3v) is 5.42. The van der Waals surface area contributed by atoms with Crippen molar-refractivity contribution < 1.29 is 44.3 Å². The molecule has 4 rings (SSSR count). The molecule has 0 atom stereocenters. The van der Waals surface area contributed by atoms with Crippen LogP contribution in [0.1, 0.15) is 41.4 Å². The zero-order chi connectivity index (χ0) is 28.1. The Morgan fingerprint density at radius 3 is 1.21 bits per heavy atom. The lowest BCUT2D eigenvalue weighted by Crippen LogP contribution is -2.16. The number of benzene rings is 4. The topological polar surface area (TPSA) is 182 Å². The van der Waals surface area contributed by atoms with Crippen molar-refractivity contribution in [1.82, 2.24) is 0 Å². The number of hydrogen-bond acceptors (Lipinski definition) is 7. The maximum Gasteiger partial charge on any atom is 0.336 e. The summed E-state index contributed by atoms with van der Waals surface area (Å²) in [6, 6.07) is 19.4. The molecule has 2 amide bonds. The van der Waals surface area contributed by atoms with Crippen molar-refractivity contribution in [1.29, 1.82) is 0 Å². The minimum atomic E-state index is -1.35. The lowest BCUT2D eigenvalue weighted by atomic mass is 10.1. The van der Waals surface area contributed by atoms with Crippen LogP contribution in [0.4, 0.5) is 11.4 Å². The first kappa shape index (κ1) is 26.2. The molecule has 11 heteroatoms. The number of phenols is 2. The minimum absolute atomic E-state index is 0.114. The van der Waals surface area contributed by atoms with Crippen LogP contribution in [-0.2, 0) is 0 Å². The molecule has 0 saturated heterocycles. The van der Waals surface area contributed by atoms with Gasteiger partial charge in [-0.25, -0.2) is 9.59 Å². The summed E-state index contributed by atoms with van der Waals surface area (Å²) in [6.45, 7) is 0. The van der Waals surface area contributed by atoms with Crippen LogP contribution in [0, 0.1) is 0 Å². The molecule has 0 bridgehead atoms. The summed E-state index contributed by atoms with van der Waals surface area (Å²) in [5, 5.41) is 42.7. The number of aromatic carboxylic acids is 2. The molecule has 4 aromatic rings. The van der Waals surface area contributed by atoms with Crippen molar-refractivity contribution in [2.75, 3.05) is 10.6 Å². The Morgan fingerprint density at radius 1 is 0.513 bits per heavy atom. The summed E-state index contributed by atoms with van der Waals surface area (Å²) in [7, 11) is 0. The SMILES string of the molecule is O=C(O)c1cc(O)ccc1C(=O)Nc1ccc(Oc2ccc(NC(=O)c3ccc(O)cc3C(=O)O)cc2)cc1. The number of nitrogens with one attached hydrogen (secondary N) is 2. The lowest BCUT2D eigenvalue weighted by Gasteiger charge is -2.11. The Kier molecular flexibility index (Phi) is 7.43. The molecule has 0 aliphatic rings.